The van der Waals surface area contributed by atoms with Crippen LogP contribution in [0.25, 0.3) is 0 Å². The van der Waals surface area contributed by atoms with Gasteiger partial charge in [-0.05, 0) is 50.4 Å². The van der Waals surface area contributed by atoms with Crippen LogP contribution in [-0.4, -0.2) is 0 Å². The summed E-state index contributed by atoms with van der Waals surface area (Å²) in [5.74, 6) is 2.68. The average molecular weight is 202 g/mol. The van der Waals surface area contributed by atoms with Crippen molar-refractivity contribution >= 4 is 0 Å². The summed E-state index contributed by atoms with van der Waals surface area (Å²) in [5, 5.41) is 0. The topological polar surface area (TPSA) is 0 Å². The maximum atomic E-state index is 2.53. The Labute approximate surface area is 93.5 Å². The second kappa shape index (κ2) is 2.78. The van der Waals surface area contributed by atoms with Gasteiger partial charge in [-0.25, -0.2) is 0 Å². The molecule has 1 fully saturated rings. The smallest absolute Gasteiger partial charge is 0.00129 e. The lowest BCUT2D eigenvalue weighted by molar-refractivity contribution is 0.530. The largest absolute Gasteiger partial charge is 0.0847 e. The molecule has 0 aromatic heterocycles. The van der Waals surface area contributed by atoms with Crippen LogP contribution in [0.1, 0.15) is 47.0 Å². The molecule has 3 atom stereocenters. The van der Waals surface area contributed by atoms with Gasteiger partial charge in [0, 0.05) is 5.92 Å². The molecule has 82 valence electrons. The van der Waals surface area contributed by atoms with Crippen LogP contribution in [0.5, 0.6) is 0 Å². The molecule has 15 heavy (non-hydrogen) atoms. The molecule has 3 aliphatic carbocycles. The van der Waals surface area contributed by atoms with Crippen molar-refractivity contribution in [2.75, 3.05) is 0 Å². The van der Waals surface area contributed by atoms with Crippen molar-refractivity contribution in [1.82, 2.24) is 0 Å². The van der Waals surface area contributed by atoms with Crippen molar-refractivity contribution in [3.63, 3.8) is 0 Å². The first-order valence-electron chi connectivity index (χ1n) is 6.39. The van der Waals surface area contributed by atoms with E-state index in [0.29, 0.717) is 5.41 Å². The van der Waals surface area contributed by atoms with E-state index in [0.717, 1.165) is 17.8 Å². The molecule has 0 amide bonds. The molecule has 0 nitrogen and oxygen atoms in total. The molecule has 0 aromatic rings. The van der Waals surface area contributed by atoms with Gasteiger partial charge in [-0.1, -0.05) is 36.6 Å². The second-order valence-corrected chi connectivity index (χ2v) is 6.42. The lowest BCUT2D eigenvalue weighted by atomic mass is 9.87. The minimum absolute atomic E-state index is 0.594. The first-order valence-corrected chi connectivity index (χ1v) is 6.39. The van der Waals surface area contributed by atoms with Crippen molar-refractivity contribution in [3.05, 3.63) is 22.8 Å². The lowest BCUT2D eigenvalue weighted by Crippen LogP contribution is -2.06. The molecule has 0 unspecified atom stereocenters. The molecule has 3 aliphatic rings. The number of hydrogen-bond acceptors (Lipinski definition) is 0. The molecule has 0 heteroatoms. The van der Waals surface area contributed by atoms with Gasteiger partial charge < -0.3 is 0 Å². The zero-order valence-corrected chi connectivity index (χ0v) is 10.4. The Morgan fingerprint density at radius 1 is 1.27 bits per heavy atom. The monoisotopic (exact) mass is 202 g/mol. The fourth-order valence-corrected chi connectivity index (χ4v) is 4.17. The maximum absolute atomic E-state index is 2.53. The normalized spacial score (nSPS) is 41.9. The van der Waals surface area contributed by atoms with Gasteiger partial charge in [0.25, 0.3) is 0 Å². The molecular formula is C15H22. The van der Waals surface area contributed by atoms with Crippen LogP contribution in [0, 0.1) is 23.2 Å². The third kappa shape index (κ3) is 1.14. The van der Waals surface area contributed by atoms with Gasteiger partial charge >= 0.3 is 0 Å². The fraction of sp³-hybridized carbons (Fsp3) is 0.733. The molecule has 1 saturated carbocycles. The van der Waals surface area contributed by atoms with E-state index in [4.69, 9.17) is 0 Å². The van der Waals surface area contributed by atoms with Crippen LogP contribution in [0.15, 0.2) is 22.8 Å². The third-order valence-corrected chi connectivity index (χ3v) is 5.31. The summed E-state index contributed by atoms with van der Waals surface area (Å²) < 4.78 is 0. The molecule has 0 saturated heterocycles. The first-order chi connectivity index (χ1) is 7.03. The zero-order valence-electron chi connectivity index (χ0n) is 10.4. The molecule has 0 aromatic carbocycles. The van der Waals surface area contributed by atoms with Gasteiger partial charge in [-0.2, -0.15) is 0 Å². The van der Waals surface area contributed by atoms with E-state index in [1.54, 1.807) is 11.1 Å². The lowest BCUT2D eigenvalue weighted by Gasteiger charge is -2.17. The predicted molar refractivity (Wildman–Crippen MR) is 64.6 cm³/mol. The van der Waals surface area contributed by atoms with Crippen molar-refractivity contribution in [2.24, 2.45) is 23.2 Å². The van der Waals surface area contributed by atoms with E-state index in [1.807, 2.05) is 5.57 Å². The van der Waals surface area contributed by atoms with Crippen LogP contribution in [0.2, 0.25) is 0 Å². The van der Waals surface area contributed by atoms with Crippen LogP contribution >= 0.6 is 0 Å². The SMILES string of the molecule is CC1=CC[C@H]2[C@@H](C3=C(C)CC[C@@H]13)C2(C)C. The van der Waals surface area contributed by atoms with E-state index >= 15 is 0 Å². The molecule has 0 aliphatic heterocycles. The Bertz CT molecular complexity index is 367. The van der Waals surface area contributed by atoms with Crippen LogP contribution in [0.4, 0.5) is 0 Å². The standard InChI is InChI=1S/C15H22/c1-9-6-8-12-14(15(12,3)4)13-10(2)5-7-11(9)13/h6,11-12,14H,5,7-8H2,1-4H3/t11-,12-,14-/m0/s1. The highest BCUT2D eigenvalue weighted by molar-refractivity contribution is 5.40. The number of rotatable bonds is 0. The first kappa shape index (κ1) is 9.69. The van der Waals surface area contributed by atoms with Gasteiger partial charge in [-0.3, -0.25) is 0 Å². The molecule has 0 N–H and O–H groups in total. The van der Waals surface area contributed by atoms with E-state index in [1.165, 1.54) is 19.3 Å². The second-order valence-electron chi connectivity index (χ2n) is 6.42. The minimum atomic E-state index is 0.594. The molecule has 0 radical (unpaired) electrons. The maximum Gasteiger partial charge on any atom is 0.00129 e. The molecule has 3 rings (SSSR count). The summed E-state index contributed by atoms with van der Waals surface area (Å²) in [4.78, 5) is 0. The van der Waals surface area contributed by atoms with Crippen molar-refractivity contribution in [1.29, 1.82) is 0 Å². The van der Waals surface area contributed by atoms with Crippen LogP contribution < -0.4 is 0 Å². The minimum Gasteiger partial charge on any atom is -0.0847 e. The summed E-state index contributed by atoms with van der Waals surface area (Å²) in [7, 11) is 0. The van der Waals surface area contributed by atoms with Crippen LogP contribution in [0.3, 0.4) is 0 Å². The van der Waals surface area contributed by atoms with Gasteiger partial charge in [-0.15, -0.1) is 0 Å². The van der Waals surface area contributed by atoms with E-state index in [2.05, 4.69) is 33.8 Å². The van der Waals surface area contributed by atoms with E-state index < -0.39 is 0 Å². The predicted octanol–water partition coefficient (Wildman–Crippen LogP) is 4.34. The highest BCUT2D eigenvalue weighted by atomic mass is 14.6. The Morgan fingerprint density at radius 3 is 2.73 bits per heavy atom. The summed E-state index contributed by atoms with van der Waals surface area (Å²) in [5.41, 5.74) is 5.81. The highest BCUT2D eigenvalue weighted by Gasteiger charge is 2.60. The summed E-state index contributed by atoms with van der Waals surface area (Å²) in [6.07, 6.45) is 6.60. The van der Waals surface area contributed by atoms with Crippen LogP contribution in [-0.2, 0) is 0 Å². The van der Waals surface area contributed by atoms with Gasteiger partial charge in [0.05, 0.1) is 0 Å². The molecule has 0 spiro atoms. The van der Waals surface area contributed by atoms with Gasteiger partial charge in [0.2, 0.25) is 0 Å². The van der Waals surface area contributed by atoms with E-state index in [9.17, 15) is 0 Å². The fourth-order valence-electron chi connectivity index (χ4n) is 4.17. The summed E-state index contributed by atoms with van der Waals surface area (Å²) >= 11 is 0. The molecule has 0 heterocycles. The summed E-state index contributed by atoms with van der Waals surface area (Å²) in [6.45, 7) is 9.65. The van der Waals surface area contributed by atoms with E-state index in [-0.39, 0.29) is 0 Å². The number of allylic oxidation sites excluding steroid dienone is 4. The Morgan fingerprint density at radius 2 is 2.00 bits per heavy atom. The van der Waals surface area contributed by atoms with Gasteiger partial charge in [0.1, 0.15) is 0 Å². The number of fused-ring (bicyclic) bond motifs is 3. The van der Waals surface area contributed by atoms with Crippen molar-refractivity contribution in [2.45, 2.75) is 47.0 Å². The zero-order chi connectivity index (χ0) is 10.8. The van der Waals surface area contributed by atoms with Gasteiger partial charge in [0.15, 0.2) is 0 Å². The molecular weight excluding hydrogens is 180 g/mol. The van der Waals surface area contributed by atoms with Crippen molar-refractivity contribution < 1.29 is 0 Å². The Kier molecular flexibility index (Phi) is 1.80. The third-order valence-electron chi connectivity index (χ3n) is 5.31. The van der Waals surface area contributed by atoms with Crippen molar-refractivity contribution in [3.8, 4) is 0 Å². The Hall–Kier alpha value is -0.520. The molecule has 0 bridgehead atoms. The number of hydrogen-bond donors (Lipinski definition) is 0. The summed E-state index contributed by atoms with van der Waals surface area (Å²) in [6, 6.07) is 0. The average Bonchev–Trinajstić information content (AvgIpc) is 2.55. The Balaban J connectivity index is 2.06. The quantitative estimate of drug-likeness (QED) is 0.513. The highest BCUT2D eigenvalue weighted by Crippen LogP contribution is 2.68.